The minimum Gasteiger partial charge on any atom is -0.276 e. The summed E-state index contributed by atoms with van der Waals surface area (Å²) >= 11 is 0. The molecule has 0 atom stereocenters. The van der Waals surface area contributed by atoms with Crippen LogP contribution in [0.3, 0.4) is 0 Å². The molecular weight excluding hydrogens is 268 g/mol. The van der Waals surface area contributed by atoms with Gasteiger partial charge in [-0.3, -0.25) is 14.9 Å². The molecule has 0 radical (unpaired) electrons. The zero-order chi connectivity index (χ0) is 15.5. The molecule has 0 bridgehead atoms. The first-order chi connectivity index (χ1) is 10.1. The summed E-state index contributed by atoms with van der Waals surface area (Å²) in [6.45, 7) is 7.20. The van der Waals surface area contributed by atoms with Crippen LogP contribution in [0.25, 0.3) is 0 Å². The highest BCUT2D eigenvalue weighted by atomic mass is 16.2. The normalized spacial score (nSPS) is 17.3. The lowest BCUT2D eigenvalue weighted by atomic mass is 9.77. The lowest BCUT2D eigenvalue weighted by molar-refractivity contribution is -0.142. The van der Waals surface area contributed by atoms with Crippen LogP contribution in [-0.4, -0.2) is 17.8 Å². The Morgan fingerprint density at radius 2 is 1.62 bits per heavy atom. The van der Waals surface area contributed by atoms with Crippen molar-refractivity contribution in [2.75, 3.05) is 4.90 Å². The van der Waals surface area contributed by atoms with Crippen LogP contribution in [0.2, 0.25) is 0 Å². The van der Waals surface area contributed by atoms with E-state index in [9.17, 15) is 14.4 Å². The number of allylic oxidation sites excluding steroid dienone is 2. The second-order valence-electron chi connectivity index (χ2n) is 4.80. The van der Waals surface area contributed by atoms with Crippen LogP contribution in [0.1, 0.15) is 12.8 Å². The van der Waals surface area contributed by atoms with E-state index in [-0.39, 0.29) is 12.8 Å². The third-order valence-electron chi connectivity index (χ3n) is 3.47. The van der Waals surface area contributed by atoms with Gasteiger partial charge in [0.1, 0.15) is 5.41 Å². The number of anilines is 1. The van der Waals surface area contributed by atoms with E-state index in [2.05, 4.69) is 18.5 Å². The molecule has 5 heteroatoms. The van der Waals surface area contributed by atoms with Crippen LogP contribution >= 0.6 is 0 Å². The third-order valence-corrected chi connectivity index (χ3v) is 3.47. The molecule has 5 nitrogen and oxygen atoms in total. The highest BCUT2D eigenvalue weighted by Gasteiger charge is 2.52. The zero-order valence-corrected chi connectivity index (χ0v) is 11.5. The Balaban J connectivity index is 2.51. The topological polar surface area (TPSA) is 66.5 Å². The van der Waals surface area contributed by atoms with Gasteiger partial charge in [-0.05, 0) is 25.0 Å². The second kappa shape index (κ2) is 5.75. The van der Waals surface area contributed by atoms with Gasteiger partial charge >= 0.3 is 6.03 Å². The van der Waals surface area contributed by atoms with Gasteiger partial charge in [0.15, 0.2) is 0 Å². The molecule has 0 aliphatic carbocycles. The number of amides is 4. The van der Waals surface area contributed by atoms with Gasteiger partial charge in [-0.15, -0.1) is 13.2 Å². The fraction of sp³-hybridized carbons (Fsp3) is 0.188. The minimum atomic E-state index is -1.37. The van der Waals surface area contributed by atoms with Crippen LogP contribution < -0.4 is 10.2 Å². The number of benzene rings is 1. The summed E-state index contributed by atoms with van der Waals surface area (Å²) in [7, 11) is 0. The number of nitrogens with zero attached hydrogens (tertiary/aromatic N) is 1. The molecule has 0 unspecified atom stereocenters. The van der Waals surface area contributed by atoms with Gasteiger partial charge in [-0.1, -0.05) is 30.4 Å². The Kier molecular flexibility index (Phi) is 4.03. The second-order valence-corrected chi connectivity index (χ2v) is 4.80. The first-order valence-electron chi connectivity index (χ1n) is 6.53. The Labute approximate surface area is 122 Å². The average molecular weight is 284 g/mol. The number of urea groups is 1. The molecule has 1 saturated heterocycles. The molecular formula is C16H16N2O3. The van der Waals surface area contributed by atoms with Crippen LogP contribution in [0.4, 0.5) is 10.5 Å². The summed E-state index contributed by atoms with van der Waals surface area (Å²) in [6.07, 6.45) is 3.28. The molecule has 2 rings (SSSR count). The number of barbiturate groups is 1. The molecule has 1 aromatic rings. The minimum absolute atomic E-state index is 0.139. The van der Waals surface area contributed by atoms with Crippen LogP contribution in [0.5, 0.6) is 0 Å². The van der Waals surface area contributed by atoms with Crippen molar-refractivity contribution in [2.24, 2.45) is 5.41 Å². The standard InChI is InChI=1S/C16H16N2O3/c1-3-10-16(11-4-2)13(19)17-15(21)18(14(16)20)12-8-6-5-7-9-12/h3-9H,1-2,10-11H2,(H,17,19,21). The Morgan fingerprint density at radius 1 is 1.05 bits per heavy atom. The summed E-state index contributed by atoms with van der Waals surface area (Å²) < 4.78 is 0. The number of imide groups is 2. The van der Waals surface area contributed by atoms with Crippen molar-refractivity contribution in [1.82, 2.24) is 5.32 Å². The Morgan fingerprint density at radius 3 is 2.14 bits per heavy atom. The lowest BCUT2D eigenvalue weighted by Crippen LogP contribution is -2.64. The fourth-order valence-electron chi connectivity index (χ4n) is 2.42. The van der Waals surface area contributed by atoms with Gasteiger partial charge in [0.2, 0.25) is 5.91 Å². The number of nitrogens with one attached hydrogen (secondary N) is 1. The summed E-state index contributed by atoms with van der Waals surface area (Å²) in [6, 6.07) is 7.76. The number of hydrogen-bond acceptors (Lipinski definition) is 3. The first kappa shape index (κ1) is 14.7. The number of hydrogen-bond donors (Lipinski definition) is 1. The summed E-state index contributed by atoms with van der Waals surface area (Å²) in [4.78, 5) is 38.0. The van der Waals surface area contributed by atoms with Crippen molar-refractivity contribution in [3.05, 3.63) is 55.6 Å². The molecule has 0 saturated carbocycles. The highest BCUT2D eigenvalue weighted by molar-refractivity contribution is 6.30. The van der Waals surface area contributed by atoms with E-state index >= 15 is 0 Å². The monoisotopic (exact) mass is 284 g/mol. The van der Waals surface area contributed by atoms with Gasteiger partial charge in [0.25, 0.3) is 5.91 Å². The van der Waals surface area contributed by atoms with Gasteiger partial charge in [0, 0.05) is 0 Å². The van der Waals surface area contributed by atoms with E-state index in [4.69, 9.17) is 0 Å². The molecule has 1 heterocycles. The Hall–Kier alpha value is -2.69. The van der Waals surface area contributed by atoms with Gasteiger partial charge in [-0.25, -0.2) is 9.69 Å². The Bertz CT molecular complexity index is 597. The zero-order valence-electron chi connectivity index (χ0n) is 11.5. The number of para-hydroxylation sites is 1. The van der Waals surface area contributed by atoms with Crippen molar-refractivity contribution in [2.45, 2.75) is 12.8 Å². The van der Waals surface area contributed by atoms with Crippen molar-refractivity contribution < 1.29 is 14.4 Å². The van der Waals surface area contributed by atoms with Crippen molar-refractivity contribution in [3.63, 3.8) is 0 Å². The van der Waals surface area contributed by atoms with Crippen LogP contribution in [0, 0.1) is 5.41 Å². The lowest BCUT2D eigenvalue weighted by Gasteiger charge is -2.38. The fourth-order valence-corrected chi connectivity index (χ4v) is 2.42. The predicted octanol–water partition coefficient (Wildman–Crippen LogP) is 2.41. The molecule has 4 amide bonds. The van der Waals surface area contributed by atoms with Gasteiger partial charge in [-0.2, -0.15) is 0 Å². The number of carbonyl (C=O) groups is 3. The third kappa shape index (κ3) is 2.38. The highest BCUT2D eigenvalue weighted by Crippen LogP contribution is 2.35. The van der Waals surface area contributed by atoms with Gasteiger partial charge < -0.3 is 0 Å². The molecule has 1 N–H and O–H groups in total. The number of carbonyl (C=O) groups excluding carboxylic acids is 3. The molecule has 1 aliphatic rings. The first-order valence-corrected chi connectivity index (χ1v) is 6.53. The average Bonchev–Trinajstić information content (AvgIpc) is 2.46. The quantitative estimate of drug-likeness (QED) is 0.667. The van der Waals surface area contributed by atoms with E-state index in [0.29, 0.717) is 5.69 Å². The molecule has 108 valence electrons. The maximum absolute atomic E-state index is 12.8. The molecule has 1 fully saturated rings. The van der Waals surface area contributed by atoms with Crippen molar-refractivity contribution in [1.29, 1.82) is 0 Å². The van der Waals surface area contributed by atoms with Crippen LogP contribution in [-0.2, 0) is 9.59 Å². The van der Waals surface area contributed by atoms with Gasteiger partial charge in [0.05, 0.1) is 5.69 Å². The molecule has 0 spiro atoms. The summed E-state index contributed by atoms with van der Waals surface area (Å²) in [5, 5.41) is 2.25. The van der Waals surface area contributed by atoms with E-state index in [1.54, 1.807) is 30.3 Å². The maximum atomic E-state index is 12.8. The summed E-state index contributed by atoms with van der Waals surface area (Å²) in [5.74, 6) is -1.16. The molecule has 1 aromatic carbocycles. The SMILES string of the molecule is C=CCC1(CC=C)C(=O)NC(=O)N(c2ccccc2)C1=O. The van der Waals surface area contributed by atoms with E-state index in [1.807, 2.05) is 0 Å². The van der Waals surface area contributed by atoms with Crippen LogP contribution in [0.15, 0.2) is 55.6 Å². The summed E-state index contributed by atoms with van der Waals surface area (Å²) in [5.41, 5.74) is -0.947. The van der Waals surface area contributed by atoms with Crippen molar-refractivity contribution in [3.8, 4) is 0 Å². The predicted molar refractivity (Wildman–Crippen MR) is 79.5 cm³/mol. The van der Waals surface area contributed by atoms with E-state index in [0.717, 1.165) is 4.90 Å². The molecule has 0 aromatic heterocycles. The number of rotatable bonds is 5. The van der Waals surface area contributed by atoms with E-state index < -0.39 is 23.3 Å². The molecule has 1 aliphatic heterocycles. The van der Waals surface area contributed by atoms with E-state index in [1.165, 1.54) is 12.2 Å². The largest absolute Gasteiger partial charge is 0.335 e. The molecule has 21 heavy (non-hydrogen) atoms. The maximum Gasteiger partial charge on any atom is 0.335 e. The smallest absolute Gasteiger partial charge is 0.276 e. The van der Waals surface area contributed by atoms with Crippen molar-refractivity contribution >= 4 is 23.5 Å².